The van der Waals surface area contributed by atoms with Crippen LogP contribution < -0.4 is 10.6 Å². The van der Waals surface area contributed by atoms with Gasteiger partial charge in [0.25, 0.3) is 5.91 Å². The summed E-state index contributed by atoms with van der Waals surface area (Å²) in [6, 6.07) is 7.16. The van der Waals surface area contributed by atoms with E-state index in [0.29, 0.717) is 25.3 Å². The number of aromatic nitrogens is 3. The van der Waals surface area contributed by atoms with Gasteiger partial charge < -0.3 is 9.80 Å². The van der Waals surface area contributed by atoms with Crippen LogP contribution in [0, 0.1) is 17.0 Å². The molecule has 3 aromatic rings. The number of fused-ring (bicyclic) bond motifs is 4. The molecule has 0 saturated carbocycles. The quantitative estimate of drug-likeness (QED) is 0.589. The molecule has 2 aromatic heterocycles. The summed E-state index contributed by atoms with van der Waals surface area (Å²) in [5.74, 6) is -1.53. The van der Waals surface area contributed by atoms with Crippen LogP contribution in [0.5, 0.6) is 0 Å². The van der Waals surface area contributed by atoms with Crippen LogP contribution in [0.3, 0.4) is 0 Å². The molecule has 3 aliphatic heterocycles. The average molecular weight is 470 g/mol. The highest BCUT2D eigenvalue weighted by molar-refractivity contribution is 5.95. The molecule has 2 unspecified atom stereocenters. The summed E-state index contributed by atoms with van der Waals surface area (Å²) in [6.07, 6.45) is 1.63. The van der Waals surface area contributed by atoms with Gasteiger partial charge in [0.2, 0.25) is 0 Å². The monoisotopic (exact) mass is 469 g/mol. The third-order valence-electron chi connectivity index (χ3n) is 6.86. The molecular weight excluding hydrogens is 440 g/mol. The minimum atomic E-state index is -0.837. The lowest BCUT2D eigenvalue weighted by Gasteiger charge is -2.52. The van der Waals surface area contributed by atoms with Crippen LogP contribution in [0.4, 0.5) is 14.6 Å². The fourth-order valence-electron chi connectivity index (χ4n) is 5.25. The number of benzene rings is 1. The fourth-order valence-corrected chi connectivity index (χ4v) is 5.25. The number of rotatable bonds is 3. The molecule has 1 amide bonds. The Hall–Kier alpha value is -3.23. The van der Waals surface area contributed by atoms with E-state index < -0.39 is 23.1 Å². The summed E-state index contributed by atoms with van der Waals surface area (Å²) < 4.78 is 31.8. The number of halogens is 2. The zero-order valence-electron chi connectivity index (χ0n) is 19.9. The van der Waals surface area contributed by atoms with Crippen LogP contribution in [0.2, 0.25) is 0 Å². The number of hydrogen-bond donors (Lipinski definition) is 0. The molecule has 3 aliphatic rings. The number of carbonyl (C=O) groups excluding carboxylic acids is 1. The number of hydrogen-bond acceptors (Lipinski definition) is 4. The van der Waals surface area contributed by atoms with E-state index in [-0.39, 0.29) is 23.2 Å². The number of amides is 1. The lowest BCUT2D eigenvalue weighted by atomic mass is 9.90. The van der Waals surface area contributed by atoms with Crippen molar-refractivity contribution in [2.75, 3.05) is 18.0 Å². The number of piperidine rings is 2. The molecule has 180 valence electrons. The zero-order chi connectivity index (χ0) is 24.4. The van der Waals surface area contributed by atoms with Crippen LogP contribution in [0.25, 0.3) is 11.2 Å². The molecule has 6 rings (SSSR count). The number of imidazole rings is 1. The van der Waals surface area contributed by atoms with Gasteiger partial charge in [-0.05, 0) is 42.5 Å². The second kappa shape index (κ2) is 7.92. The summed E-state index contributed by atoms with van der Waals surface area (Å²) in [6.45, 7) is 7.76. The first kappa shape index (κ1) is 22.6. The molecule has 0 N–H and O–H groups in total. The molecule has 7 nitrogen and oxygen atoms in total. The van der Waals surface area contributed by atoms with E-state index in [4.69, 9.17) is 4.98 Å². The maximum Gasteiger partial charge on any atom is 0.330 e. The Bertz CT molecular complexity index is 1320. The predicted octanol–water partition coefficient (Wildman–Crippen LogP) is 3.55. The molecule has 2 atom stereocenters. The maximum atomic E-state index is 14.2. The van der Waals surface area contributed by atoms with Crippen molar-refractivity contribution < 1.29 is 13.6 Å². The second-order valence-electron chi connectivity index (χ2n) is 10.6. The summed E-state index contributed by atoms with van der Waals surface area (Å²) in [4.78, 5) is 34.5. The molecule has 34 heavy (non-hydrogen) atoms. The lowest BCUT2D eigenvalue weighted by Crippen LogP contribution is -2.64. The summed E-state index contributed by atoms with van der Waals surface area (Å²) in [5, 5.41) is 0. The molecule has 3 saturated heterocycles. The number of pyridine rings is 1. The Morgan fingerprint density at radius 2 is 1.74 bits per heavy atom. The average Bonchev–Trinajstić information content (AvgIpc) is 3.02. The van der Waals surface area contributed by atoms with Crippen LogP contribution in [-0.2, 0) is 13.6 Å². The van der Waals surface area contributed by atoms with Crippen molar-refractivity contribution in [2.45, 2.75) is 52.2 Å². The topological polar surface area (TPSA) is 63.4 Å². The lowest BCUT2D eigenvalue weighted by molar-refractivity contribution is 0.0494. The maximum absolute atomic E-state index is 14.2. The van der Waals surface area contributed by atoms with Gasteiger partial charge in [-0.3, -0.25) is 13.9 Å². The number of carbonyl (C=O) groups is 1. The standard InChI is InChI=1S/C25H29F2N5O2/c1-25(2,3)14-32-19-10-11-20(28-22(19)29(4)24(32)34)30-12-16-9-8-15(30)13-31(16)23(33)21-17(26)6-5-7-18(21)27/h5-7,10-11,15-16H,8-9,12-14H2,1-4H3. The first-order valence-electron chi connectivity index (χ1n) is 11.6. The Morgan fingerprint density at radius 1 is 1.06 bits per heavy atom. The Balaban J connectivity index is 1.44. The van der Waals surface area contributed by atoms with Crippen LogP contribution in [0.1, 0.15) is 44.0 Å². The second-order valence-corrected chi connectivity index (χ2v) is 10.6. The molecule has 1 aromatic carbocycles. The van der Waals surface area contributed by atoms with Crippen molar-refractivity contribution >= 4 is 22.9 Å². The smallest absolute Gasteiger partial charge is 0.330 e. The molecule has 5 heterocycles. The first-order valence-corrected chi connectivity index (χ1v) is 11.6. The fraction of sp³-hybridized carbons (Fsp3) is 0.480. The highest BCUT2D eigenvalue weighted by Crippen LogP contribution is 2.34. The number of nitrogens with zero attached hydrogens (tertiary/aromatic N) is 5. The third-order valence-corrected chi connectivity index (χ3v) is 6.86. The highest BCUT2D eigenvalue weighted by atomic mass is 19.1. The van der Waals surface area contributed by atoms with Gasteiger partial charge in [-0.15, -0.1) is 0 Å². The number of piperazine rings is 1. The van der Waals surface area contributed by atoms with E-state index in [1.807, 2.05) is 12.1 Å². The summed E-state index contributed by atoms with van der Waals surface area (Å²) in [7, 11) is 1.73. The van der Waals surface area contributed by atoms with E-state index in [1.54, 1.807) is 21.1 Å². The SMILES string of the molecule is Cn1c(=O)n(CC(C)(C)C)c2ccc(N3CC4CCC3CN4C(=O)c3c(F)cccc3F)nc21. The molecule has 0 radical (unpaired) electrons. The van der Waals surface area contributed by atoms with Gasteiger partial charge in [-0.1, -0.05) is 26.8 Å². The van der Waals surface area contributed by atoms with Crippen molar-refractivity contribution in [2.24, 2.45) is 12.5 Å². The van der Waals surface area contributed by atoms with Crippen LogP contribution in [-0.4, -0.2) is 50.1 Å². The first-order chi connectivity index (χ1) is 16.0. The Kier molecular flexibility index (Phi) is 5.26. The largest absolute Gasteiger partial charge is 0.350 e. The molecule has 0 aliphatic carbocycles. The highest BCUT2D eigenvalue weighted by Gasteiger charge is 2.43. The van der Waals surface area contributed by atoms with E-state index in [9.17, 15) is 18.4 Å². The van der Waals surface area contributed by atoms with Crippen molar-refractivity contribution in [3.05, 3.63) is 58.0 Å². The van der Waals surface area contributed by atoms with Crippen molar-refractivity contribution in [3.63, 3.8) is 0 Å². The van der Waals surface area contributed by atoms with Gasteiger partial charge in [0.1, 0.15) is 23.0 Å². The molecule has 0 spiro atoms. The van der Waals surface area contributed by atoms with Gasteiger partial charge in [0.05, 0.1) is 5.52 Å². The van der Waals surface area contributed by atoms with E-state index in [1.165, 1.54) is 6.07 Å². The van der Waals surface area contributed by atoms with E-state index in [2.05, 4.69) is 25.7 Å². The van der Waals surface area contributed by atoms with Crippen molar-refractivity contribution in [3.8, 4) is 0 Å². The normalized spacial score (nSPS) is 20.4. The van der Waals surface area contributed by atoms with Gasteiger partial charge >= 0.3 is 5.69 Å². The van der Waals surface area contributed by atoms with E-state index in [0.717, 1.165) is 36.3 Å². The number of anilines is 1. The van der Waals surface area contributed by atoms with Gasteiger partial charge in [-0.25, -0.2) is 18.6 Å². The Morgan fingerprint density at radius 3 is 2.35 bits per heavy atom. The van der Waals surface area contributed by atoms with Crippen LogP contribution >= 0.6 is 0 Å². The summed E-state index contributed by atoms with van der Waals surface area (Å²) >= 11 is 0. The number of aryl methyl sites for hydroxylation is 1. The summed E-state index contributed by atoms with van der Waals surface area (Å²) in [5.41, 5.74) is 0.765. The molecule has 2 bridgehead atoms. The minimum absolute atomic E-state index is 0.0116. The van der Waals surface area contributed by atoms with Crippen molar-refractivity contribution in [1.82, 2.24) is 19.0 Å². The third kappa shape index (κ3) is 3.67. The molecule has 3 fully saturated rings. The van der Waals surface area contributed by atoms with Crippen LogP contribution in [0.15, 0.2) is 35.1 Å². The molecule has 9 heteroatoms. The van der Waals surface area contributed by atoms with Gasteiger partial charge in [0.15, 0.2) is 5.65 Å². The van der Waals surface area contributed by atoms with Crippen molar-refractivity contribution in [1.29, 1.82) is 0 Å². The minimum Gasteiger partial charge on any atom is -0.350 e. The van der Waals surface area contributed by atoms with E-state index >= 15 is 0 Å². The Labute approximate surface area is 196 Å². The van der Waals surface area contributed by atoms with Gasteiger partial charge in [0, 0.05) is 38.8 Å². The predicted molar refractivity (Wildman–Crippen MR) is 126 cm³/mol. The zero-order valence-corrected chi connectivity index (χ0v) is 19.9. The molecular formula is C25H29F2N5O2. The van der Waals surface area contributed by atoms with Gasteiger partial charge in [-0.2, -0.15) is 0 Å².